The van der Waals surface area contributed by atoms with Crippen molar-refractivity contribution in [3.8, 4) is 11.5 Å². The summed E-state index contributed by atoms with van der Waals surface area (Å²) in [6.07, 6.45) is 0. The number of nitrogens with one attached hydrogen (secondary N) is 1. The molecule has 0 atom stereocenters. The molecule has 2 amide bonds. The highest BCUT2D eigenvalue weighted by Gasteiger charge is 2.19. The van der Waals surface area contributed by atoms with E-state index in [1.54, 1.807) is 36.4 Å². The van der Waals surface area contributed by atoms with Gasteiger partial charge in [-0.15, -0.1) is 0 Å². The van der Waals surface area contributed by atoms with Crippen molar-refractivity contribution in [2.45, 2.75) is 4.90 Å². The number of amides is 2. The molecule has 0 spiro atoms. The van der Waals surface area contributed by atoms with Gasteiger partial charge in [-0.3, -0.25) is 14.3 Å². The van der Waals surface area contributed by atoms with E-state index in [0.717, 1.165) is 4.90 Å². The molecule has 0 saturated carbocycles. The van der Waals surface area contributed by atoms with Crippen LogP contribution in [0.2, 0.25) is 0 Å². The summed E-state index contributed by atoms with van der Waals surface area (Å²) >= 11 is 0. The maximum Gasteiger partial charge on any atom is 0.262 e. The van der Waals surface area contributed by atoms with Crippen molar-refractivity contribution in [2.75, 3.05) is 18.3 Å². The molecule has 0 aromatic heterocycles. The van der Waals surface area contributed by atoms with Gasteiger partial charge in [0.05, 0.1) is 17.1 Å². The van der Waals surface area contributed by atoms with Gasteiger partial charge in [0, 0.05) is 12.6 Å². The zero-order valence-corrected chi connectivity index (χ0v) is 17.5. The number of likely N-dealkylation sites (N-methyl/N-ethyl adjacent to an activating group) is 1. The minimum atomic E-state index is -3.94. The molecule has 0 aliphatic heterocycles. The summed E-state index contributed by atoms with van der Waals surface area (Å²) in [6.45, 7) is -0.237. The Hall–Kier alpha value is -3.85. The van der Waals surface area contributed by atoms with Crippen molar-refractivity contribution in [1.29, 1.82) is 0 Å². The molecule has 0 aliphatic rings. The van der Waals surface area contributed by atoms with Gasteiger partial charge >= 0.3 is 0 Å². The van der Waals surface area contributed by atoms with Crippen molar-refractivity contribution in [3.05, 3.63) is 84.4 Å². The number of carbonyl (C=O) groups is 2. The van der Waals surface area contributed by atoms with Crippen molar-refractivity contribution in [1.82, 2.24) is 4.90 Å². The predicted octanol–water partition coefficient (Wildman–Crippen LogP) is 2.84. The quantitative estimate of drug-likeness (QED) is 0.559. The fourth-order valence-corrected chi connectivity index (χ4v) is 3.83. The third kappa shape index (κ3) is 5.61. The Balaban J connectivity index is 1.79. The van der Waals surface area contributed by atoms with Crippen LogP contribution >= 0.6 is 0 Å². The third-order valence-electron chi connectivity index (χ3n) is 4.25. The van der Waals surface area contributed by atoms with E-state index in [4.69, 9.17) is 10.5 Å². The number of para-hydroxylation sites is 3. The second-order valence-corrected chi connectivity index (χ2v) is 8.35. The lowest BCUT2D eigenvalue weighted by Crippen LogP contribution is -2.35. The van der Waals surface area contributed by atoms with Crippen molar-refractivity contribution in [2.24, 2.45) is 5.73 Å². The number of carbonyl (C=O) groups excluding carboxylic acids is 2. The standard InChI is InChI=1S/C22H21N3O5S/c1-25(15-21(23)26)22(27)16-11-13-18(14-12-16)31(28,29)24-19-9-5-6-10-20(19)30-17-7-3-2-4-8-17/h2-14,24H,15H2,1H3,(H2,23,26). The molecule has 0 fully saturated rings. The number of sulfonamides is 1. The molecule has 0 aliphatic carbocycles. The Morgan fingerprint density at radius 2 is 1.55 bits per heavy atom. The summed E-state index contributed by atoms with van der Waals surface area (Å²) in [5.41, 5.74) is 5.60. The van der Waals surface area contributed by atoms with Gasteiger partial charge < -0.3 is 15.4 Å². The summed E-state index contributed by atoms with van der Waals surface area (Å²) < 4.78 is 34.0. The first kappa shape index (κ1) is 21.8. The summed E-state index contributed by atoms with van der Waals surface area (Å²) in [5.74, 6) is -0.179. The van der Waals surface area contributed by atoms with Gasteiger partial charge in [0.2, 0.25) is 5.91 Å². The van der Waals surface area contributed by atoms with Crippen molar-refractivity contribution >= 4 is 27.5 Å². The van der Waals surface area contributed by atoms with Gasteiger partial charge in [-0.2, -0.15) is 0 Å². The van der Waals surface area contributed by atoms with Crippen LogP contribution < -0.4 is 15.2 Å². The number of nitrogens with zero attached hydrogens (tertiary/aromatic N) is 1. The van der Waals surface area contributed by atoms with Crippen LogP contribution in [0, 0.1) is 0 Å². The number of hydrogen-bond acceptors (Lipinski definition) is 5. The van der Waals surface area contributed by atoms with Crippen LogP contribution in [0.15, 0.2) is 83.8 Å². The van der Waals surface area contributed by atoms with Gasteiger partial charge in [0.1, 0.15) is 5.75 Å². The monoisotopic (exact) mass is 439 g/mol. The van der Waals surface area contributed by atoms with E-state index in [2.05, 4.69) is 4.72 Å². The van der Waals surface area contributed by atoms with Crippen LogP contribution in [0.3, 0.4) is 0 Å². The second-order valence-electron chi connectivity index (χ2n) is 6.67. The Bertz CT molecular complexity index is 1180. The maximum absolute atomic E-state index is 12.8. The summed E-state index contributed by atoms with van der Waals surface area (Å²) in [5, 5.41) is 0. The van der Waals surface area contributed by atoms with Crippen LogP contribution in [0.25, 0.3) is 0 Å². The molecular formula is C22H21N3O5S. The number of benzene rings is 3. The molecule has 3 aromatic rings. The van der Waals surface area contributed by atoms with E-state index in [-0.39, 0.29) is 22.7 Å². The zero-order chi connectivity index (χ0) is 22.4. The number of nitrogens with two attached hydrogens (primary N) is 1. The molecule has 3 N–H and O–H groups in total. The van der Waals surface area contributed by atoms with Gasteiger partial charge in [-0.05, 0) is 48.5 Å². The highest BCUT2D eigenvalue weighted by Crippen LogP contribution is 2.30. The SMILES string of the molecule is CN(CC(N)=O)C(=O)c1ccc(S(=O)(=O)Nc2ccccc2Oc2ccccc2)cc1. The molecule has 3 aromatic carbocycles. The number of primary amides is 1. The number of anilines is 1. The summed E-state index contributed by atoms with van der Waals surface area (Å²) in [7, 11) is -2.51. The second kappa shape index (κ2) is 9.31. The normalized spacial score (nSPS) is 10.9. The van der Waals surface area contributed by atoms with Crippen LogP contribution in [-0.2, 0) is 14.8 Å². The number of rotatable bonds is 8. The summed E-state index contributed by atoms with van der Waals surface area (Å²) in [6, 6.07) is 21.0. The molecule has 0 bridgehead atoms. The molecule has 31 heavy (non-hydrogen) atoms. The number of hydrogen-bond donors (Lipinski definition) is 2. The minimum Gasteiger partial charge on any atom is -0.455 e. The lowest BCUT2D eigenvalue weighted by atomic mass is 10.2. The molecule has 160 valence electrons. The van der Waals surface area contributed by atoms with Crippen LogP contribution in [0.4, 0.5) is 5.69 Å². The molecule has 0 radical (unpaired) electrons. The molecule has 9 heteroatoms. The molecule has 0 unspecified atom stereocenters. The first-order chi connectivity index (χ1) is 14.8. The first-order valence-corrected chi connectivity index (χ1v) is 10.7. The zero-order valence-electron chi connectivity index (χ0n) is 16.7. The average molecular weight is 439 g/mol. The molecular weight excluding hydrogens is 418 g/mol. The Morgan fingerprint density at radius 1 is 0.935 bits per heavy atom. The first-order valence-electron chi connectivity index (χ1n) is 9.25. The largest absolute Gasteiger partial charge is 0.455 e. The minimum absolute atomic E-state index is 0.0314. The highest BCUT2D eigenvalue weighted by atomic mass is 32.2. The van der Waals surface area contributed by atoms with E-state index < -0.39 is 21.8 Å². The van der Waals surface area contributed by atoms with E-state index in [0.29, 0.717) is 11.5 Å². The average Bonchev–Trinajstić information content (AvgIpc) is 2.75. The maximum atomic E-state index is 12.8. The molecule has 0 heterocycles. The third-order valence-corrected chi connectivity index (χ3v) is 5.64. The lowest BCUT2D eigenvalue weighted by Gasteiger charge is -2.16. The van der Waals surface area contributed by atoms with Gasteiger partial charge in [-0.25, -0.2) is 8.42 Å². The Labute approximate surface area is 180 Å². The van der Waals surface area contributed by atoms with Crippen molar-refractivity contribution in [3.63, 3.8) is 0 Å². The molecule has 3 rings (SSSR count). The van der Waals surface area contributed by atoms with E-state index >= 15 is 0 Å². The fraction of sp³-hybridized carbons (Fsp3) is 0.0909. The van der Waals surface area contributed by atoms with E-state index in [1.807, 2.05) is 18.2 Å². The molecule has 0 saturated heterocycles. The van der Waals surface area contributed by atoms with Crippen molar-refractivity contribution < 1.29 is 22.7 Å². The molecule has 8 nitrogen and oxygen atoms in total. The smallest absolute Gasteiger partial charge is 0.262 e. The van der Waals surface area contributed by atoms with E-state index in [9.17, 15) is 18.0 Å². The summed E-state index contributed by atoms with van der Waals surface area (Å²) in [4.78, 5) is 24.4. The topological polar surface area (TPSA) is 119 Å². The van der Waals surface area contributed by atoms with Crippen LogP contribution in [0.5, 0.6) is 11.5 Å². The van der Waals surface area contributed by atoms with Gasteiger partial charge in [-0.1, -0.05) is 30.3 Å². The Morgan fingerprint density at radius 3 is 2.19 bits per heavy atom. The predicted molar refractivity (Wildman–Crippen MR) is 116 cm³/mol. The van der Waals surface area contributed by atoms with Gasteiger partial charge in [0.25, 0.3) is 15.9 Å². The highest BCUT2D eigenvalue weighted by molar-refractivity contribution is 7.92. The lowest BCUT2D eigenvalue weighted by molar-refractivity contribution is -0.118. The number of ether oxygens (including phenoxy) is 1. The van der Waals surface area contributed by atoms with Crippen LogP contribution in [0.1, 0.15) is 10.4 Å². The van der Waals surface area contributed by atoms with Gasteiger partial charge in [0.15, 0.2) is 5.75 Å². The fourth-order valence-electron chi connectivity index (χ4n) is 2.76. The van der Waals surface area contributed by atoms with Crippen LogP contribution in [-0.4, -0.2) is 38.7 Å². The van der Waals surface area contributed by atoms with E-state index in [1.165, 1.54) is 31.3 Å². The Kier molecular flexibility index (Phi) is 6.56.